The van der Waals surface area contributed by atoms with Crippen molar-refractivity contribution in [3.8, 4) is 0 Å². The van der Waals surface area contributed by atoms with Gasteiger partial charge in [0.2, 0.25) is 0 Å². The molecule has 100 valence electrons. The minimum Gasteiger partial charge on any atom is -0.465 e. The fourth-order valence-electron chi connectivity index (χ4n) is 1.81. The Kier molecular flexibility index (Phi) is 4.41. The second-order valence-electron chi connectivity index (χ2n) is 4.02. The SMILES string of the molecule is COC(=O)c1cccc(N)c1NCCc1cccs1. The molecular formula is C14H16N2O2S. The summed E-state index contributed by atoms with van der Waals surface area (Å²) in [4.78, 5) is 13.0. The Morgan fingerprint density at radius 3 is 2.89 bits per heavy atom. The molecule has 0 amide bonds. The van der Waals surface area contributed by atoms with E-state index in [1.807, 2.05) is 11.4 Å². The van der Waals surface area contributed by atoms with Crippen molar-refractivity contribution < 1.29 is 9.53 Å². The van der Waals surface area contributed by atoms with Gasteiger partial charge in [-0.3, -0.25) is 0 Å². The van der Waals surface area contributed by atoms with Gasteiger partial charge >= 0.3 is 5.97 Å². The van der Waals surface area contributed by atoms with Gasteiger partial charge in [0.05, 0.1) is 24.0 Å². The standard InChI is InChI=1S/C14H16N2O2S/c1-18-14(17)11-5-2-6-12(15)13(11)16-8-7-10-4-3-9-19-10/h2-6,9,16H,7-8,15H2,1H3. The molecule has 0 saturated carbocycles. The average Bonchev–Trinajstić information content (AvgIpc) is 2.93. The third-order valence-electron chi connectivity index (χ3n) is 2.76. The Bertz CT molecular complexity index is 553. The summed E-state index contributed by atoms with van der Waals surface area (Å²) in [7, 11) is 1.36. The van der Waals surface area contributed by atoms with E-state index in [-0.39, 0.29) is 5.97 Å². The van der Waals surface area contributed by atoms with Gasteiger partial charge in [0.1, 0.15) is 0 Å². The zero-order chi connectivity index (χ0) is 13.7. The third kappa shape index (κ3) is 3.26. The molecule has 0 aliphatic rings. The number of hydrogen-bond acceptors (Lipinski definition) is 5. The van der Waals surface area contributed by atoms with Gasteiger partial charge < -0.3 is 15.8 Å². The molecule has 19 heavy (non-hydrogen) atoms. The fraction of sp³-hybridized carbons (Fsp3) is 0.214. The van der Waals surface area contributed by atoms with Gasteiger partial charge in [-0.1, -0.05) is 12.1 Å². The van der Waals surface area contributed by atoms with Crippen molar-refractivity contribution >= 4 is 28.7 Å². The summed E-state index contributed by atoms with van der Waals surface area (Å²) < 4.78 is 4.75. The van der Waals surface area contributed by atoms with Gasteiger partial charge in [0.15, 0.2) is 0 Å². The Balaban J connectivity index is 2.08. The van der Waals surface area contributed by atoms with Crippen LogP contribution < -0.4 is 11.1 Å². The fourth-order valence-corrected chi connectivity index (χ4v) is 2.52. The quantitative estimate of drug-likeness (QED) is 0.651. The van der Waals surface area contributed by atoms with E-state index in [4.69, 9.17) is 10.5 Å². The van der Waals surface area contributed by atoms with Crippen LogP contribution in [-0.4, -0.2) is 19.6 Å². The number of hydrogen-bond donors (Lipinski definition) is 2. The van der Waals surface area contributed by atoms with E-state index >= 15 is 0 Å². The molecule has 0 saturated heterocycles. The van der Waals surface area contributed by atoms with Crippen LogP contribution in [0.1, 0.15) is 15.2 Å². The first-order chi connectivity index (χ1) is 9.22. The molecule has 5 heteroatoms. The lowest BCUT2D eigenvalue weighted by molar-refractivity contribution is 0.0602. The number of methoxy groups -OCH3 is 1. The predicted molar refractivity (Wildman–Crippen MR) is 78.7 cm³/mol. The van der Waals surface area contributed by atoms with Crippen LogP contribution in [0, 0.1) is 0 Å². The summed E-state index contributed by atoms with van der Waals surface area (Å²) >= 11 is 1.71. The summed E-state index contributed by atoms with van der Waals surface area (Å²) in [5, 5.41) is 5.26. The average molecular weight is 276 g/mol. The van der Waals surface area contributed by atoms with E-state index in [1.165, 1.54) is 12.0 Å². The minimum absolute atomic E-state index is 0.383. The van der Waals surface area contributed by atoms with Crippen molar-refractivity contribution in [2.24, 2.45) is 0 Å². The van der Waals surface area contributed by atoms with Crippen molar-refractivity contribution in [2.45, 2.75) is 6.42 Å². The lowest BCUT2D eigenvalue weighted by Gasteiger charge is -2.12. The number of anilines is 2. The normalized spacial score (nSPS) is 10.2. The molecule has 2 aromatic rings. The Morgan fingerprint density at radius 1 is 1.37 bits per heavy atom. The van der Waals surface area contributed by atoms with Crippen molar-refractivity contribution in [3.05, 3.63) is 46.2 Å². The van der Waals surface area contributed by atoms with Gasteiger partial charge in [-0.15, -0.1) is 11.3 Å². The smallest absolute Gasteiger partial charge is 0.340 e. The largest absolute Gasteiger partial charge is 0.465 e. The Hall–Kier alpha value is -2.01. The van der Waals surface area contributed by atoms with Gasteiger partial charge in [-0.25, -0.2) is 4.79 Å². The lowest BCUT2D eigenvalue weighted by Crippen LogP contribution is -2.12. The molecule has 0 unspecified atom stereocenters. The number of nitrogen functional groups attached to an aromatic ring is 1. The topological polar surface area (TPSA) is 64.3 Å². The highest BCUT2D eigenvalue weighted by molar-refractivity contribution is 7.09. The molecule has 4 nitrogen and oxygen atoms in total. The number of thiophene rings is 1. The molecule has 1 aromatic heterocycles. The van der Waals surface area contributed by atoms with E-state index in [0.29, 0.717) is 16.9 Å². The van der Waals surface area contributed by atoms with E-state index < -0.39 is 0 Å². The van der Waals surface area contributed by atoms with Gasteiger partial charge in [0.25, 0.3) is 0 Å². The molecule has 0 atom stereocenters. The Morgan fingerprint density at radius 2 is 2.21 bits per heavy atom. The first-order valence-electron chi connectivity index (χ1n) is 5.95. The molecule has 1 heterocycles. The predicted octanol–water partition coefficient (Wildman–Crippen LogP) is 2.77. The van der Waals surface area contributed by atoms with Crippen molar-refractivity contribution in [1.29, 1.82) is 0 Å². The van der Waals surface area contributed by atoms with Crippen LogP contribution in [0.5, 0.6) is 0 Å². The van der Waals surface area contributed by atoms with Gasteiger partial charge in [-0.05, 0) is 30.0 Å². The first-order valence-corrected chi connectivity index (χ1v) is 6.83. The van der Waals surface area contributed by atoms with Crippen molar-refractivity contribution in [3.63, 3.8) is 0 Å². The van der Waals surface area contributed by atoms with E-state index in [9.17, 15) is 4.79 Å². The summed E-state index contributed by atoms with van der Waals surface area (Å²) in [5.41, 5.74) is 7.57. The van der Waals surface area contributed by atoms with E-state index in [0.717, 1.165) is 13.0 Å². The molecule has 0 radical (unpaired) electrons. The molecule has 0 aliphatic carbocycles. The summed E-state index contributed by atoms with van der Waals surface area (Å²) in [6.07, 6.45) is 0.895. The van der Waals surface area contributed by atoms with Crippen molar-refractivity contribution in [2.75, 3.05) is 24.7 Å². The molecule has 0 spiro atoms. The van der Waals surface area contributed by atoms with Crippen LogP contribution in [0.3, 0.4) is 0 Å². The number of esters is 1. The monoisotopic (exact) mass is 276 g/mol. The first kappa shape index (κ1) is 13.4. The molecule has 0 aliphatic heterocycles. The Labute approximate surface area is 116 Å². The van der Waals surface area contributed by atoms with Crippen LogP contribution in [0.15, 0.2) is 35.7 Å². The highest BCUT2D eigenvalue weighted by atomic mass is 32.1. The number of rotatable bonds is 5. The van der Waals surface area contributed by atoms with Crippen LogP contribution in [0.2, 0.25) is 0 Å². The maximum atomic E-state index is 11.7. The number of nitrogens with two attached hydrogens (primary N) is 1. The lowest BCUT2D eigenvalue weighted by atomic mass is 10.1. The zero-order valence-electron chi connectivity index (χ0n) is 10.7. The zero-order valence-corrected chi connectivity index (χ0v) is 11.5. The maximum Gasteiger partial charge on any atom is 0.340 e. The second-order valence-corrected chi connectivity index (χ2v) is 5.05. The van der Waals surface area contributed by atoms with Crippen LogP contribution in [0.25, 0.3) is 0 Å². The molecule has 0 bridgehead atoms. The number of benzene rings is 1. The molecule has 0 fully saturated rings. The van der Waals surface area contributed by atoms with E-state index in [2.05, 4.69) is 11.4 Å². The highest BCUT2D eigenvalue weighted by Gasteiger charge is 2.13. The summed E-state index contributed by atoms with van der Waals surface area (Å²) in [6.45, 7) is 0.721. The van der Waals surface area contributed by atoms with Crippen molar-refractivity contribution in [1.82, 2.24) is 0 Å². The number of carbonyl (C=O) groups is 1. The van der Waals surface area contributed by atoms with Crippen LogP contribution >= 0.6 is 11.3 Å². The molecule has 1 aromatic carbocycles. The minimum atomic E-state index is -0.383. The molecule has 2 rings (SSSR count). The third-order valence-corrected chi connectivity index (χ3v) is 3.69. The number of carbonyl (C=O) groups excluding carboxylic acids is 1. The summed E-state index contributed by atoms with van der Waals surface area (Å²) in [6, 6.07) is 9.32. The number of nitrogens with one attached hydrogen (secondary N) is 1. The number of ether oxygens (including phenoxy) is 1. The van der Waals surface area contributed by atoms with Crippen LogP contribution in [-0.2, 0) is 11.2 Å². The van der Waals surface area contributed by atoms with Gasteiger partial charge in [0, 0.05) is 11.4 Å². The number of para-hydroxylation sites is 1. The summed E-state index contributed by atoms with van der Waals surface area (Å²) in [5.74, 6) is -0.383. The highest BCUT2D eigenvalue weighted by Crippen LogP contribution is 2.24. The second kappa shape index (κ2) is 6.24. The maximum absolute atomic E-state index is 11.7. The van der Waals surface area contributed by atoms with Crippen LogP contribution in [0.4, 0.5) is 11.4 Å². The molecule has 3 N–H and O–H groups in total. The van der Waals surface area contributed by atoms with Gasteiger partial charge in [-0.2, -0.15) is 0 Å². The molecular weight excluding hydrogens is 260 g/mol. The van der Waals surface area contributed by atoms with E-state index in [1.54, 1.807) is 29.5 Å².